The van der Waals surface area contributed by atoms with Gasteiger partial charge < -0.3 is 15.4 Å². The number of unbranched alkanes of at least 4 members (excludes halogenated alkanes) is 11. The van der Waals surface area contributed by atoms with Crippen LogP contribution in [0.15, 0.2) is 35.7 Å². The van der Waals surface area contributed by atoms with Crippen molar-refractivity contribution >= 4 is 29.1 Å². The fourth-order valence-electron chi connectivity index (χ4n) is 6.89. The highest BCUT2D eigenvalue weighted by Crippen LogP contribution is 2.32. The van der Waals surface area contributed by atoms with Crippen LogP contribution >= 0.6 is 11.3 Å². The number of nitrogens with zero attached hydrogens (tertiary/aromatic N) is 1. The van der Waals surface area contributed by atoms with Gasteiger partial charge in [-0.3, -0.25) is 19.3 Å². The zero-order valence-electron chi connectivity index (χ0n) is 30.7. The molecule has 49 heavy (non-hydrogen) atoms. The molecule has 0 unspecified atom stereocenters. The van der Waals surface area contributed by atoms with Gasteiger partial charge in [-0.15, -0.1) is 11.3 Å². The predicted octanol–water partition coefficient (Wildman–Crippen LogP) is 8.96. The summed E-state index contributed by atoms with van der Waals surface area (Å²) in [6.07, 6.45) is 21.8. The minimum Gasteiger partial charge on any atom is -0.426 e. The summed E-state index contributed by atoms with van der Waals surface area (Å²) in [6.45, 7) is 7.63. The molecule has 2 amide bonds. The molecule has 2 aromatic rings. The van der Waals surface area contributed by atoms with E-state index in [-0.39, 0.29) is 24.2 Å². The number of amides is 2. The molecule has 3 rings (SSSR count). The fourth-order valence-corrected chi connectivity index (χ4v) is 7.59. The summed E-state index contributed by atoms with van der Waals surface area (Å²) in [5, 5.41) is 8.00. The van der Waals surface area contributed by atoms with E-state index in [1.807, 2.05) is 23.5 Å². The molecule has 1 aliphatic rings. The summed E-state index contributed by atoms with van der Waals surface area (Å²) < 4.78 is 5.82. The van der Waals surface area contributed by atoms with E-state index in [1.54, 1.807) is 0 Å². The lowest BCUT2D eigenvalue weighted by Crippen LogP contribution is -2.41. The van der Waals surface area contributed by atoms with Crippen molar-refractivity contribution in [3.8, 4) is 5.75 Å². The Bertz CT molecular complexity index is 1200. The zero-order valence-corrected chi connectivity index (χ0v) is 31.5. The number of fused-ring (bicyclic) bond motifs is 1. The summed E-state index contributed by atoms with van der Waals surface area (Å²) in [7, 11) is 0. The monoisotopic (exact) mass is 695 g/mol. The van der Waals surface area contributed by atoms with Crippen molar-refractivity contribution in [2.45, 2.75) is 155 Å². The molecule has 0 fully saturated rings. The first-order valence-electron chi connectivity index (χ1n) is 19.6. The molecular weight excluding hydrogens is 631 g/mol. The molecule has 0 aliphatic heterocycles. The third kappa shape index (κ3) is 17.2. The first-order chi connectivity index (χ1) is 24.0. The number of thiophene rings is 1. The van der Waals surface area contributed by atoms with Gasteiger partial charge in [0, 0.05) is 43.4 Å². The summed E-state index contributed by atoms with van der Waals surface area (Å²) >= 11 is 1.84. The third-order valence-electron chi connectivity index (χ3n) is 9.67. The molecule has 1 aromatic heterocycles. The van der Waals surface area contributed by atoms with Crippen LogP contribution in [0.25, 0.3) is 0 Å². The Kier molecular flexibility index (Phi) is 21.0. The lowest BCUT2D eigenvalue weighted by Gasteiger charge is -2.35. The molecule has 0 radical (unpaired) electrons. The Morgan fingerprint density at radius 1 is 0.755 bits per heavy atom. The Hall–Kier alpha value is -2.71. The van der Waals surface area contributed by atoms with E-state index < -0.39 is 0 Å². The SMILES string of the molecule is CCCNC(=O)CCCCCCCCCCCCCCC(=O)NCCC(=O)Oc1cccc2c1CC[C@@H](N(CCC)CCc1cccs1)C2. The van der Waals surface area contributed by atoms with E-state index in [0.29, 0.717) is 31.2 Å². The van der Waals surface area contributed by atoms with E-state index in [0.717, 1.165) is 83.8 Å². The fraction of sp³-hybridized carbons (Fsp3) is 0.683. The molecule has 1 aliphatic carbocycles. The standard InChI is InChI=1S/C41H65N3O4S/c1-3-28-42-39(45)22-15-13-11-9-7-5-6-8-10-12-14-16-23-40(46)43-29-26-41(47)48-38-21-17-19-34-33-35(24-25-37(34)38)44(30-4-2)31-27-36-20-18-32-49-36/h17-21,32,35H,3-16,22-31,33H2,1-2H3,(H,42,45)(H,43,46)/t35-/m1/s1. The van der Waals surface area contributed by atoms with Crippen molar-refractivity contribution in [2.75, 3.05) is 26.2 Å². The smallest absolute Gasteiger partial charge is 0.312 e. The van der Waals surface area contributed by atoms with Crippen LogP contribution in [-0.4, -0.2) is 54.9 Å². The summed E-state index contributed by atoms with van der Waals surface area (Å²) in [4.78, 5) is 40.7. The van der Waals surface area contributed by atoms with Gasteiger partial charge in [-0.1, -0.05) is 96.3 Å². The van der Waals surface area contributed by atoms with E-state index in [1.165, 1.54) is 67.4 Å². The molecule has 8 heteroatoms. The maximum Gasteiger partial charge on any atom is 0.312 e. The van der Waals surface area contributed by atoms with Crippen molar-refractivity contribution in [1.29, 1.82) is 0 Å². The minimum atomic E-state index is -0.286. The van der Waals surface area contributed by atoms with Crippen LogP contribution in [0.2, 0.25) is 0 Å². The average molecular weight is 696 g/mol. The minimum absolute atomic E-state index is 0.0215. The Morgan fingerprint density at radius 2 is 1.39 bits per heavy atom. The van der Waals surface area contributed by atoms with Crippen LogP contribution in [0.4, 0.5) is 0 Å². The van der Waals surface area contributed by atoms with Gasteiger partial charge in [-0.05, 0) is 86.6 Å². The van der Waals surface area contributed by atoms with Crippen molar-refractivity contribution in [3.63, 3.8) is 0 Å². The van der Waals surface area contributed by atoms with Crippen LogP contribution in [0, 0.1) is 0 Å². The largest absolute Gasteiger partial charge is 0.426 e. The third-order valence-corrected chi connectivity index (χ3v) is 10.6. The van der Waals surface area contributed by atoms with Gasteiger partial charge in [0.25, 0.3) is 0 Å². The number of benzene rings is 1. The number of carbonyl (C=O) groups is 3. The highest BCUT2D eigenvalue weighted by molar-refractivity contribution is 7.09. The van der Waals surface area contributed by atoms with Crippen LogP contribution in [0.3, 0.4) is 0 Å². The van der Waals surface area contributed by atoms with E-state index in [2.05, 4.69) is 53.0 Å². The lowest BCUT2D eigenvalue weighted by atomic mass is 9.86. The van der Waals surface area contributed by atoms with Crippen LogP contribution in [0.5, 0.6) is 5.75 Å². The van der Waals surface area contributed by atoms with Crippen molar-refractivity contribution in [3.05, 3.63) is 51.7 Å². The molecule has 0 saturated carbocycles. The summed E-state index contributed by atoms with van der Waals surface area (Å²) in [6, 6.07) is 11.0. The van der Waals surface area contributed by atoms with Crippen molar-refractivity contribution < 1.29 is 19.1 Å². The second kappa shape index (κ2) is 25.3. The van der Waals surface area contributed by atoms with Gasteiger partial charge in [0.05, 0.1) is 6.42 Å². The molecule has 0 spiro atoms. The molecule has 1 heterocycles. The molecule has 7 nitrogen and oxygen atoms in total. The molecule has 2 N–H and O–H groups in total. The molecule has 274 valence electrons. The van der Waals surface area contributed by atoms with Gasteiger partial charge in [0.2, 0.25) is 11.8 Å². The van der Waals surface area contributed by atoms with Gasteiger partial charge in [0.15, 0.2) is 0 Å². The van der Waals surface area contributed by atoms with E-state index in [9.17, 15) is 14.4 Å². The van der Waals surface area contributed by atoms with Crippen LogP contribution in [0.1, 0.15) is 145 Å². The van der Waals surface area contributed by atoms with Crippen molar-refractivity contribution in [1.82, 2.24) is 15.5 Å². The van der Waals surface area contributed by atoms with E-state index >= 15 is 0 Å². The van der Waals surface area contributed by atoms with Gasteiger partial charge >= 0.3 is 5.97 Å². The Labute approximate surface area is 301 Å². The van der Waals surface area contributed by atoms with Crippen LogP contribution < -0.4 is 15.4 Å². The maximum atomic E-state index is 12.7. The topological polar surface area (TPSA) is 87.7 Å². The number of esters is 1. The molecule has 0 bridgehead atoms. The van der Waals surface area contributed by atoms with E-state index in [4.69, 9.17) is 4.74 Å². The van der Waals surface area contributed by atoms with Gasteiger partial charge in [-0.25, -0.2) is 0 Å². The number of carbonyl (C=O) groups excluding carboxylic acids is 3. The first kappa shape index (κ1) is 40.7. The molecule has 1 atom stereocenters. The zero-order chi connectivity index (χ0) is 34.9. The molecule has 1 aromatic carbocycles. The number of hydrogen-bond acceptors (Lipinski definition) is 6. The lowest BCUT2D eigenvalue weighted by molar-refractivity contribution is -0.134. The maximum absolute atomic E-state index is 12.7. The van der Waals surface area contributed by atoms with Gasteiger partial charge in [-0.2, -0.15) is 0 Å². The average Bonchev–Trinajstić information content (AvgIpc) is 3.63. The molecular formula is C41H65N3O4S. The molecule has 0 saturated heterocycles. The highest BCUT2D eigenvalue weighted by atomic mass is 32.1. The Morgan fingerprint density at radius 3 is 1.98 bits per heavy atom. The van der Waals surface area contributed by atoms with Crippen molar-refractivity contribution in [2.24, 2.45) is 0 Å². The Balaban J connectivity index is 1.19. The van der Waals surface area contributed by atoms with Gasteiger partial charge in [0.1, 0.15) is 5.75 Å². The first-order valence-corrected chi connectivity index (χ1v) is 20.5. The second-order valence-electron chi connectivity index (χ2n) is 13.8. The number of ether oxygens (including phenoxy) is 1. The summed E-state index contributed by atoms with van der Waals surface area (Å²) in [5.74, 6) is 0.623. The highest BCUT2D eigenvalue weighted by Gasteiger charge is 2.26. The number of nitrogens with one attached hydrogen (secondary N) is 2. The normalized spacial score (nSPS) is 14.1. The summed E-state index contributed by atoms with van der Waals surface area (Å²) in [5.41, 5.74) is 2.46. The van der Waals surface area contributed by atoms with Crippen LogP contribution in [-0.2, 0) is 33.6 Å². The quantitative estimate of drug-likeness (QED) is 0.0554. The second-order valence-corrected chi connectivity index (χ2v) is 14.9. The number of rotatable bonds is 27. The number of hydrogen-bond donors (Lipinski definition) is 2. The predicted molar refractivity (Wildman–Crippen MR) is 203 cm³/mol.